The van der Waals surface area contributed by atoms with E-state index >= 15 is 0 Å². The van der Waals surface area contributed by atoms with Crippen LogP contribution >= 0.6 is 0 Å². The van der Waals surface area contributed by atoms with Gasteiger partial charge in [0.2, 0.25) is 0 Å². The molecular weight excluding hydrogens is 408 g/mol. The number of benzene rings is 1. The molecule has 1 aromatic carbocycles. The number of hydrogen-bond acceptors (Lipinski definition) is 9. The molecular formula is C23H26N6O3. The molecule has 0 bridgehead atoms. The fourth-order valence-corrected chi connectivity index (χ4v) is 3.57. The molecule has 0 unspecified atom stereocenters. The molecule has 0 amide bonds. The van der Waals surface area contributed by atoms with Gasteiger partial charge < -0.3 is 25.8 Å². The number of carbonyl (C=O) groups excluding carboxylic acids is 1. The maximum absolute atomic E-state index is 13.1. The Hall–Kier alpha value is -3.56. The van der Waals surface area contributed by atoms with Crippen LogP contribution in [0.5, 0.6) is 5.75 Å². The van der Waals surface area contributed by atoms with Crippen LogP contribution in [0.2, 0.25) is 0 Å². The first-order valence-corrected chi connectivity index (χ1v) is 10.5. The summed E-state index contributed by atoms with van der Waals surface area (Å²) in [7, 11) is 0. The van der Waals surface area contributed by atoms with E-state index in [-0.39, 0.29) is 23.7 Å². The van der Waals surface area contributed by atoms with Gasteiger partial charge in [-0.2, -0.15) is 0 Å². The summed E-state index contributed by atoms with van der Waals surface area (Å²) in [6, 6.07) is 9.30. The molecule has 0 spiro atoms. The quantitative estimate of drug-likeness (QED) is 0.509. The number of ketones is 1. The van der Waals surface area contributed by atoms with Crippen molar-refractivity contribution in [2.45, 2.75) is 6.42 Å². The zero-order chi connectivity index (χ0) is 22.3. The van der Waals surface area contributed by atoms with Gasteiger partial charge in [0.1, 0.15) is 18.1 Å². The van der Waals surface area contributed by atoms with Crippen LogP contribution in [0.1, 0.15) is 16.1 Å². The molecule has 32 heavy (non-hydrogen) atoms. The summed E-state index contributed by atoms with van der Waals surface area (Å²) in [6.07, 6.45) is 5.14. The predicted octanol–water partition coefficient (Wildman–Crippen LogP) is 1.72. The van der Waals surface area contributed by atoms with Crippen LogP contribution in [0.25, 0.3) is 11.3 Å². The number of aromatic nitrogens is 3. The van der Waals surface area contributed by atoms with E-state index in [1.807, 2.05) is 30.3 Å². The largest absolute Gasteiger partial charge is 0.492 e. The van der Waals surface area contributed by atoms with E-state index in [2.05, 4.69) is 19.9 Å². The molecule has 3 heterocycles. The fraction of sp³-hybridized carbons (Fsp3) is 0.304. The lowest BCUT2D eigenvalue weighted by atomic mass is 10.1. The van der Waals surface area contributed by atoms with E-state index in [4.69, 9.17) is 20.9 Å². The SMILES string of the molecule is NCCOc1ccc(-c2cnc(N)c(C(=O)Cc3cnccc3N3CCOCC3)n2)cc1. The van der Waals surface area contributed by atoms with E-state index in [9.17, 15) is 4.79 Å². The van der Waals surface area contributed by atoms with Crippen molar-refractivity contribution in [1.29, 1.82) is 0 Å². The highest BCUT2D eigenvalue weighted by atomic mass is 16.5. The number of carbonyl (C=O) groups is 1. The highest BCUT2D eigenvalue weighted by Crippen LogP contribution is 2.25. The lowest BCUT2D eigenvalue weighted by Crippen LogP contribution is -2.37. The molecule has 0 radical (unpaired) electrons. The molecule has 4 N–H and O–H groups in total. The first-order chi connectivity index (χ1) is 15.7. The highest BCUT2D eigenvalue weighted by molar-refractivity contribution is 6.00. The molecule has 0 atom stereocenters. The van der Waals surface area contributed by atoms with Crippen LogP contribution < -0.4 is 21.1 Å². The van der Waals surface area contributed by atoms with Crippen LogP contribution in [0.4, 0.5) is 11.5 Å². The van der Waals surface area contributed by atoms with Gasteiger partial charge in [0.05, 0.1) is 25.1 Å². The fourth-order valence-electron chi connectivity index (χ4n) is 3.57. The topological polar surface area (TPSA) is 129 Å². The van der Waals surface area contributed by atoms with Crippen molar-refractivity contribution in [2.24, 2.45) is 5.73 Å². The lowest BCUT2D eigenvalue weighted by molar-refractivity contribution is 0.0988. The van der Waals surface area contributed by atoms with Gasteiger partial charge in [0, 0.05) is 55.3 Å². The monoisotopic (exact) mass is 434 g/mol. The van der Waals surface area contributed by atoms with Crippen LogP contribution in [-0.2, 0) is 11.2 Å². The van der Waals surface area contributed by atoms with Crippen molar-refractivity contribution in [3.63, 3.8) is 0 Å². The minimum atomic E-state index is -0.206. The van der Waals surface area contributed by atoms with Gasteiger partial charge in [-0.15, -0.1) is 0 Å². The van der Waals surface area contributed by atoms with E-state index in [1.165, 1.54) is 0 Å². The molecule has 0 saturated carbocycles. The molecule has 9 heteroatoms. The van der Waals surface area contributed by atoms with Crippen molar-refractivity contribution >= 4 is 17.3 Å². The van der Waals surface area contributed by atoms with Crippen molar-refractivity contribution < 1.29 is 14.3 Å². The third-order valence-electron chi connectivity index (χ3n) is 5.18. The van der Waals surface area contributed by atoms with Gasteiger partial charge in [0.25, 0.3) is 0 Å². The number of hydrogen-bond donors (Lipinski definition) is 2. The first kappa shape index (κ1) is 21.7. The standard InChI is InChI=1S/C23H26N6O3/c24-6-10-32-18-3-1-16(2-4-18)19-15-27-23(25)22(28-19)21(30)13-17-14-26-7-5-20(17)29-8-11-31-12-9-29/h1-5,7,14-15H,6,8-13,24H2,(H2,25,27). The van der Waals surface area contributed by atoms with E-state index in [0.717, 1.165) is 29.9 Å². The van der Waals surface area contributed by atoms with E-state index < -0.39 is 0 Å². The molecule has 1 aliphatic heterocycles. The number of pyridine rings is 1. The Morgan fingerprint density at radius 1 is 1.12 bits per heavy atom. The smallest absolute Gasteiger partial charge is 0.189 e. The molecule has 9 nitrogen and oxygen atoms in total. The zero-order valence-electron chi connectivity index (χ0n) is 17.7. The third kappa shape index (κ3) is 5.01. The summed E-state index contributed by atoms with van der Waals surface area (Å²) in [4.78, 5) is 28.3. The number of nitrogen functional groups attached to an aromatic ring is 1. The van der Waals surface area contributed by atoms with Gasteiger partial charge >= 0.3 is 0 Å². The van der Waals surface area contributed by atoms with E-state index in [0.29, 0.717) is 37.8 Å². The van der Waals surface area contributed by atoms with Crippen LogP contribution in [0, 0.1) is 0 Å². The molecule has 1 aliphatic rings. The van der Waals surface area contributed by atoms with Gasteiger partial charge in [-0.3, -0.25) is 9.78 Å². The van der Waals surface area contributed by atoms with Gasteiger partial charge in [-0.25, -0.2) is 9.97 Å². The van der Waals surface area contributed by atoms with E-state index in [1.54, 1.807) is 18.6 Å². The summed E-state index contributed by atoms with van der Waals surface area (Å²) in [5, 5.41) is 0. The minimum absolute atomic E-state index is 0.110. The Bertz CT molecular complexity index is 1070. The molecule has 1 fully saturated rings. The van der Waals surface area contributed by atoms with Gasteiger partial charge in [-0.1, -0.05) is 0 Å². The second-order valence-corrected chi connectivity index (χ2v) is 7.35. The maximum atomic E-state index is 13.1. The number of nitrogens with two attached hydrogens (primary N) is 2. The number of rotatable bonds is 8. The highest BCUT2D eigenvalue weighted by Gasteiger charge is 2.20. The van der Waals surface area contributed by atoms with Gasteiger partial charge in [-0.05, 0) is 30.3 Å². The molecule has 166 valence electrons. The van der Waals surface area contributed by atoms with Gasteiger partial charge in [0.15, 0.2) is 11.6 Å². The van der Waals surface area contributed by atoms with Crippen molar-refractivity contribution in [1.82, 2.24) is 15.0 Å². The van der Waals surface area contributed by atoms with Crippen molar-refractivity contribution in [2.75, 3.05) is 50.1 Å². The van der Waals surface area contributed by atoms with Crippen molar-refractivity contribution in [3.8, 4) is 17.0 Å². The molecule has 0 aliphatic carbocycles. The average Bonchev–Trinajstić information content (AvgIpc) is 2.84. The Morgan fingerprint density at radius 2 is 1.91 bits per heavy atom. The normalized spacial score (nSPS) is 13.7. The summed E-state index contributed by atoms with van der Waals surface area (Å²) in [5.41, 5.74) is 14.8. The van der Waals surface area contributed by atoms with Crippen LogP contribution in [0.3, 0.4) is 0 Å². The number of ether oxygens (including phenoxy) is 2. The molecule has 1 saturated heterocycles. The predicted molar refractivity (Wildman–Crippen MR) is 122 cm³/mol. The zero-order valence-corrected chi connectivity index (χ0v) is 17.7. The number of nitrogens with zero attached hydrogens (tertiary/aromatic N) is 4. The summed E-state index contributed by atoms with van der Waals surface area (Å²) < 4.78 is 10.9. The van der Waals surface area contributed by atoms with Crippen molar-refractivity contribution in [3.05, 3.63) is 60.2 Å². The minimum Gasteiger partial charge on any atom is -0.492 e. The lowest BCUT2D eigenvalue weighted by Gasteiger charge is -2.30. The second-order valence-electron chi connectivity index (χ2n) is 7.35. The van der Waals surface area contributed by atoms with Crippen LogP contribution in [-0.4, -0.2) is 60.2 Å². The molecule has 2 aromatic heterocycles. The third-order valence-corrected chi connectivity index (χ3v) is 5.18. The maximum Gasteiger partial charge on any atom is 0.189 e. The number of anilines is 2. The first-order valence-electron chi connectivity index (χ1n) is 10.5. The Labute approximate surface area is 186 Å². The molecule has 4 rings (SSSR count). The number of Topliss-reactive ketones (excluding diaryl/α,β-unsaturated/α-hetero) is 1. The summed E-state index contributed by atoms with van der Waals surface area (Å²) in [5.74, 6) is 0.617. The summed E-state index contributed by atoms with van der Waals surface area (Å²) in [6.45, 7) is 3.75. The number of morpholine rings is 1. The molecule has 3 aromatic rings. The Balaban J connectivity index is 1.55. The van der Waals surface area contributed by atoms with Crippen LogP contribution in [0.15, 0.2) is 48.9 Å². The Kier molecular flexibility index (Phi) is 6.88. The summed E-state index contributed by atoms with van der Waals surface area (Å²) >= 11 is 0. The second kappa shape index (κ2) is 10.2. The average molecular weight is 435 g/mol. The Morgan fingerprint density at radius 3 is 2.66 bits per heavy atom.